The molecule has 0 aromatic carbocycles. The number of ether oxygens (including phenoxy) is 1. The Labute approximate surface area is 107 Å². The van der Waals surface area contributed by atoms with E-state index >= 15 is 0 Å². The smallest absolute Gasteiger partial charge is 0.107 e. The number of hydrogen-bond donors (Lipinski definition) is 1. The molecule has 1 fully saturated rings. The molecule has 15 heavy (non-hydrogen) atoms. The minimum Gasteiger partial charge on any atom is -0.381 e. The minimum atomic E-state index is 0.459. The Balaban J connectivity index is 1.75. The number of rotatable bonds is 4. The third kappa shape index (κ3) is 2.94. The van der Waals surface area contributed by atoms with Crippen molar-refractivity contribution in [2.24, 2.45) is 0 Å². The zero-order valence-corrected chi connectivity index (χ0v) is 11.6. The molecular formula is C10H13BrClNOS. The highest BCUT2D eigenvalue weighted by Crippen LogP contribution is 2.32. The summed E-state index contributed by atoms with van der Waals surface area (Å²) >= 11 is 11.0. The monoisotopic (exact) mass is 309 g/mol. The van der Waals surface area contributed by atoms with Crippen molar-refractivity contribution in [3.8, 4) is 0 Å². The lowest BCUT2D eigenvalue weighted by Crippen LogP contribution is -2.44. The van der Waals surface area contributed by atoms with Crippen LogP contribution in [0, 0.1) is 0 Å². The van der Waals surface area contributed by atoms with Crippen molar-refractivity contribution in [3.05, 3.63) is 19.8 Å². The topological polar surface area (TPSA) is 21.3 Å². The van der Waals surface area contributed by atoms with E-state index in [4.69, 9.17) is 16.3 Å². The summed E-state index contributed by atoms with van der Waals surface area (Å²) in [6.07, 6.45) is 2.70. The summed E-state index contributed by atoms with van der Waals surface area (Å²) in [6.45, 7) is 0.900. The molecule has 0 amide bonds. The summed E-state index contributed by atoms with van der Waals surface area (Å²) in [5.74, 6) is 0. The van der Waals surface area contributed by atoms with Crippen molar-refractivity contribution in [2.75, 3.05) is 7.11 Å². The van der Waals surface area contributed by atoms with Crippen molar-refractivity contribution >= 4 is 38.9 Å². The van der Waals surface area contributed by atoms with Gasteiger partial charge in [0.25, 0.3) is 0 Å². The zero-order chi connectivity index (χ0) is 10.8. The lowest BCUT2D eigenvalue weighted by Gasteiger charge is -2.34. The maximum atomic E-state index is 5.96. The quantitative estimate of drug-likeness (QED) is 0.920. The highest BCUT2D eigenvalue weighted by atomic mass is 79.9. The molecule has 0 saturated heterocycles. The van der Waals surface area contributed by atoms with Crippen LogP contribution in [-0.4, -0.2) is 19.3 Å². The predicted molar refractivity (Wildman–Crippen MR) is 67.7 cm³/mol. The van der Waals surface area contributed by atoms with Gasteiger partial charge in [-0.15, -0.1) is 11.3 Å². The summed E-state index contributed by atoms with van der Waals surface area (Å²) in [4.78, 5) is 1.27. The average Bonchev–Trinajstić information content (AvgIpc) is 2.44. The van der Waals surface area contributed by atoms with Crippen LogP contribution < -0.4 is 5.32 Å². The molecule has 0 unspecified atom stereocenters. The molecule has 5 heteroatoms. The van der Waals surface area contributed by atoms with Gasteiger partial charge >= 0.3 is 0 Å². The van der Waals surface area contributed by atoms with Gasteiger partial charge in [-0.2, -0.15) is 0 Å². The van der Waals surface area contributed by atoms with Crippen LogP contribution in [0.4, 0.5) is 0 Å². The van der Waals surface area contributed by atoms with E-state index in [0.717, 1.165) is 28.2 Å². The van der Waals surface area contributed by atoms with Gasteiger partial charge in [0.05, 0.1) is 6.10 Å². The van der Waals surface area contributed by atoms with Crippen molar-refractivity contribution in [1.82, 2.24) is 5.32 Å². The van der Waals surface area contributed by atoms with E-state index in [-0.39, 0.29) is 0 Å². The molecule has 1 saturated carbocycles. The Bertz CT molecular complexity index is 319. The molecule has 1 aromatic heterocycles. The molecule has 0 bridgehead atoms. The molecule has 2 rings (SSSR count). The van der Waals surface area contributed by atoms with Crippen molar-refractivity contribution in [2.45, 2.75) is 31.5 Å². The van der Waals surface area contributed by atoms with Crippen LogP contribution in [0.25, 0.3) is 0 Å². The van der Waals surface area contributed by atoms with Gasteiger partial charge in [-0.05, 0) is 34.8 Å². The van der Waals surface area contributed by atoms with E-state index in [9.17, 15) is 0 Å². The zero-order valence-electron chi connectivity index (χ0n) is 8.43. The lowest BCUT2D eigenvalue weighted by atomic mass is 9.89. The second-order valence-electron chi connectivity index (χ2n) is 3.74. The maximum Gasteiger partial charge on any atom is 0.107 e. The van der Waals surface area contributed by atoms with Crippen LogP contribution in [0.2, 0.25) is 4.34 Å². The first-order chi connectivity index (χ1) is 7.19. The number of hydrogen-bond acceptors (Lipinski definition) is 3. The Morgan fingerprint density at radius 3 is 2.93 bits per heavy atom. The first-order valence-corrected chi connectivity index (χ1v) is 6.87. The van der Waals surface area contributed by atoms with Gasteiger partial charge < -0.3 is 10.1 Å². The minimum absolute atomic E-state index is 0.459. The van der Waals surface area contributed by atoms with E-state index in [2.05, 4.69) is 27.3 Å². The first-order valence-electron chi connectivity index (χ1n) is 4.89. The molecule has 0 aliphatic heterocycles. The van der Waals surface area contributed by atoms with Gasteiger partial charge in [-0.1, -0.05) is 11.6 Å². The Hall–Kier alpha value is 0.390. The first kappa shape index (κ1) is 11.9. The lowest BCUT2D eigenvalue weighted by molar-refractivity contribution is 0.0170. The average molecular weight is 311 g/mol. The summed E-state index contributed by atoms with van der Waals surface area (Å²) in [6, 6.07) is 2.68. The van der Waals surface area contributed by atoms with E-state index in [1.54, 1.807) is 18.4 Å². The van der Waals surface area contributed by atoms with Crippen molar-refractivity contribution in [3.63, 3.8) is 0 Å². The predicted octanol–water partition coefficient (Wildman–Crippen LogP) is 3.43. The summed E-state index contributed by atoms with van der Waals surface area (Å²) in [5, 5.41) is 3.49. The van der Waals surface area contributed by atoms with Gasteiger partial charge in [0.2, 0.25) is 0 Å². The Morgan fingerprint density at radius 2 is 2.40 bits per heavy atom. The van der Waals surface area contributed by atoms with Crippen LogP contribution in [0.3, 0.4) is 0 Å². The van der Waals surface area contributed by atoms with Gasteiger partial charge in [0, 0.05) is 29.0 Å². The van der Waals surface area contributed by atoms with E-state index in [1.807, 2.05) is 0 Å². The molecule has 84 valence electrons. The second kappa shape index (κ2) is 5.15. The molecule has 0 spiro atoms. The fourth-order valence-electron chi connectivity index (χ4n) is 1.65. The standard InChI is InChI=1S/C10H13BrClNOS/c1-14-7-2-6(3-7)13-5-8-4-9(11)10(12)15-8/h4,6-7,13H,2-3,5H2,1H3. The number of nitrogens with one attached hydrogen (secondary N) is 1. The Kier molecular flexibility index (Phi) is 4.07. The van der Waals surface area contributed by atoms with Gasteiger partial charge in [-0.25, -0.2) is 0 Å². The molecular weight excluding hydrogens is 298 g/mol. The largest absolute Gasteiger partial charge is 0.381 e. The number of thiophene rings is 1. The maximum absolute atomic E-state index is 5.96. The molecule has 1 heterocycles. The molecule has 1 aliphatic rings. The van der Waals surface area contributed by atoms with E-state index in [1.165, 1.54) is 4.88 Å². The molecule has 0 atom stereocenters. The van der Waals surface area contributed by atoms with Crippen LogP contribution in [0.5, 0.6) is 0 Å². The Morgan fingerprint density at radius 1 is 1.67 bits per heavy atom. The van der Waals surface area contributed by atoms with Crippen molar-refractivity contribution in [1.29, 1.82) is 0 Å². The van der Waals surface area contributed by atoms with E-state index in [0.29, 0.717) is 12.1 Å². The van der Waals surface area contributed by atoms with E-state index < -0.39 is 0 Å². The van der Waals surface area contributed by atoms with Crippen LogP contribution in [0.1, 0.15) is 17.7 Å². The summed E-state index contributed by atoms with van der Waals surface area (Å²) < 4.78 is 7.05. The van der Waals surface area contributed by atoms with Crippen LogP contribution >= 0.6 is 38.9 Å². The number of methoxy groups -OCH3 is 1. The van der Waals surface area contributed by atoms with Crippen LogP contribution in [-0.2, 0) is 11.3 Å². The second-order valence-corrected chi connectivity index (χ2v) is 6.33. The third-order valence-corrected chi connectivity index (χ3v) is 5.16. The van der Waals surface area contributed by atoms with Crippen LogP contribution in [0.15, 0.2) is 10.5 Å². The highest BCUT2D eigenvalue weighted by molar-refractivity contribution is 9.10. The van der Waals surface area contributed by atoms with Crippen molar-refractivity contribution < 1.29 is 4.74 Å². The number of halogens is 2. The van der Waals surface area contributed by atoms with Gasteiger partial charge in [0.15, 0.2) is 0 Å². The molecule has 1 aromatic rings. The SMILES string of the molecule is COC1CC(NCc2cc(Br)c(Cl)s2)C1. The molecule has 2 nitrogen and oxygen atoms in total. The fraction of sp³-hybridized carbons (Fsp3) is 0.600. The molecule has 1 N–H and O–H groups in total. The van der Waals surface area contributed by atoms with Gasteiger partial charge in [-0.3, -0.25) is 0 Å². The summed E-state index contributed by atoms with van der Waals surface area (Å²) in [5.41, 5.74) is 0. The highest BCUT2D eigenvalue weighted by Gasteiger charge is 2.28. The fourth-order valence-corrected chi connectivity index (χ4v) is 3.39. The molecule has 1 aliphatic carbocycles. The van der Waals surface area contributed by atoms with Gasteiger partial charge in [0.1, 0.15) is 4.34 Å². The third-order valence-electron chi connectivity index (χ3n) is 2.69. The normalized spacial score (nSPS) is 25.3. The summed E-state index contributed by atoms with van der Waals surface area (Å²) in [7, 11) is 1.77. The molecule has 0 radical (unpaired) electrons.